The van der Waals surface area contributed by atoms with Crippen molar-refractivity contribution in [2.75, 3.05) is 14.1 Å². The van der Waals surface area contributed by atoms with E-state index >= 15 is 0 Å². The average molecular weight is 243 g/mol. The number of carbonyl (C=O) groups excluding carboxylic acids is 1. The lowest BCUT2D eigenvalue weighted by molar-refractivity contribution is 0.0827. The zero-order chi connectivity index (χ0) is 11.6. The van der Waals surface area contributed by atoms with Gasteiger partial charge in [0.2, 0.25) is 0 Å². The summed E-state index contributed by atoms with van der Waals surface area (Å²) in [5.41, 5.74) is 0.558. The molecule has 0 aliphatic rings. The maximum absolute atomic E-state index is 11.6. The van der Waals surface area contributed by atoms with Gasteiger partial charge >= 0.3 is 0 Å². The van der Waals surface area contributed by atoms with Crippen molar-refractivity contribution in [2.24, 2.45) is 0 Å². The van der Waals surface area contributed by atoms with Crippen molar-refractivity contribution in [3.05, 3.63) is 33.3 Å². The molecule has 78 valence electrons. The Morgan fingerprint density at radius 1 is 1.33 bits per heavy atom. The zero-order valence-corrected chi connectivity index (χ0v) is 9.73. The molecule has 3 nitrogen and oxygen atoms in total. The lowest BCUT2D eigenvalue weighted by Gasteiger charge is -2.11. The number of amides is 1. The molecule has 0 radical (unpaired) electrons. The van der Waals surface area contributed by atoms with Crippen LogP contribution < -0.4 is 0 Å². The van der Waals surface area contributed by atoms with E-state index in [1.165, 1.54) is 17.0 Å². The van der Waals surface area contributed by atoms with E-state index in [0.29, 0.717) is 5.56 Å². The van der Waals surface area contributed by atoms with Crippen LogP contribution in [0.1, 0.15) is 15.9 Å². The van der Waals surface area contributed by atoms with E-state index in [0.717, 1.165) is 0 Å². The smallest absolute Gasteiger partial charge is 0.253 e. The number of carbonyl (C=O) groups is 1. The predicted molar refractivity (Wildman–Crippen MR) is 59.2 cm³/mol. The molecule has 0 aliphatic heterocycles. The lowest BCUT2D eigenvalue weighted by atomic mass is 10.1. The number of hydrogen-bond donors (Lipinski definition) is 0. The number of rotatable bonds is 1. The van der Waals surface area contributed by atoms with Crippen LogP contribution in [0.25, 0.3) is 0 Å². The van der Waals surface area contributed by atoms with E-state index in [-0.39, 0.29) is 21.5 Å². The standard InChI is InChI=1S/C10H8Cl2N2O/c1-14(2)10(15)6-3-8(11)7(5-13)9(12)4-6/h3-4H,1-2H3. The van der Waals surface area contributed by atoms with E-state index in [4.69, 9.17) is 28.5 Å². The number of nitriles is 1. The van der Waals surface area contributed by atoms with Gasteiger partial charge in [0, 0.05) is 19.7 Å². The highest BCUT2D eigenvalue weighted by molar-refractivity contribution is 6.37. The topological polar surface area (TPSA) is 44.1 Å². The van der Waals surface area contributed by atoms with Crippen LogP contribution in [-0.4, -0.2) is 24.9 Å². The first kappa shape index (κ1) is 11.8. The van der Waals surface area contributed by atoms with Gasteiger partial charge in [0.15, 0.2) is 0 Å². The van der Waals surface area contributed by atoms with Gasteiger partial charge in [-0.25, -0.2) is 0 Å². The van der Waals surface area contributed by atoms with Crippen LogP contribution in [0, 0.1) is 11.3 Å². The Balaban J connectivity index is 3.27. The fourth-order valence-corrected chi connectivity index (χ4v) is 1.63. The Bertz CT molecular complexity index is 426. The summed E-state index contributed by atoms with van der Waals surface area (Å²) >= 11 is 11.6. The Morgan fingerprint density at radius 3 is 2.13 bits per heavy atom. The third-order valence-electron chi connectivity index (χ3n) is 1.81. The first-order valence-corrected chi connectivity index (χ1v) is 4.83. The SMILES string of the molecule is CN(C)C(=O)c1cc(Cl)c(C#N)c(Cl)c1. The second-order valence-electron chi connectivity index (χ2n) is 3.13. The van der Waals surface area contributed by atoms with Crippen LogP contribution >= 0.6 is 23.2 Å². The number of halogens is 2. The lowest BCUT2D eigenvalue weighted by Crippen LogP contribution is -2.21. The minimum absolute atomic E-state index is 0.189. The third-order valence-corrected chi connectivity index (χ3v) is 2.40. The van der Waals surface area contributed by atoms with E-state index in [1.807, 2.05) is 6.07 Å². The van der Waals surface area contributed by atoms with E-state index in [9.17, 15) is 4.79 Å². The van der Waals surface area contributed by atoms with Crippen LogP contribution in [0.4, 0.5) is 0 Å². The molecular formula is C10H8Cl2N2O. The molecule has 0 unspecified atom stereocenters. The van der Waals surface area contributed by atoms with Gasteiger partial charge in [-0.15, -0.1) is 0 Å². The second-order valence-corrected chi connectivity index (χ2v) is 3.94. The Kier molecular flexibility index (Phi) is 3.57. The molecule has 0 N–H and O–H groups in total. The summed E-state index contributed by atoms with van der Waals surface area (Å²) in [7, 11) is 3.25. The number of benzene rings is 1. The normalized spacial score (nSPS) is 9.53. The molecule has 0 heterocycles. The monoisotopic (exact) mass is 242 g/mol. The molecule has 1 rings (SSSR count). The number of nitrogens with zero attached hydrogens (tertiary/aromatic N) is 2. The van der Waals surface area contributed by atoms with Gasteiger partial charge in [0.1, 0.15) is 6.07 Å². The largest absolute Gasteiger partial charge is 0.345 e. The van der Waals surface area contributed by atoms with Crippen molar-refractivity contribution in [1.82, 2.24) is 4.90 Å². The van der Waals surface area contributed by atoms with E-state index < -0.39 is 0 Å². The van der Waals surface area contributed by atoms with Gasteiger partial charge in [0.25, 0.3) is 5.91 Å². The summed E-state index contributed by atoms with van der Waals surface area (Å²) in [5, 5.41) is 9.10. The van der Waals surface area contributed by atoms with Gasteiger partial charge in [-0.2, -0.15) is 5.26 Å². The molecule has 1 amide bonds. The summed E-state index contributed by atoms with van der Waals surface area (Å²) < 4.78 is 0. The van der Waals surface area contributed by atoms with Crippen LogP contribution in [0.5, 0.6) is 0 Å². The molecule has 1 aromatic carbocycles. The fourth-order valence-electron chi connectivity index (χ4n) is 1.06. The molecule has 0 spiro atoms. The van der Waals surface area contributed by atoms with Crippen molar-refractivity contribution in [2.45, 2.75) is 0 Å². The summed E-state index contributed by atoms with van der Waals surface area (Å²) in [6, 6.07) is 4.75. The molecule has 0 bridgehead atoms. The first-order valence-electron chi connectivity index (χ1n) is 4.08. The first-order chi connectivity index (χ1) is 6.97. The summed E-state index contributed by atoms with van der Waals surface area (Å²) in [5.74, 6) is -0.205. The van der Waals surface area contributed by atoms with E-state index in [2.05, 4.69) is 0 Å². The predicted octanol–water partition coefficient (Wildman–Crippen LogP) is 2.57. The van der Waals surface area contributed by atoms with Crippen molar-refractivity contribution >= 4 is 29.1 Å². The van der Waals surface area contributed by atoms with Crippen molar-refractivity contribution in [1.29, 1.82) is 5.26 Å². The summed E-state index contributed by atoms with van der Waals surface area (Å²) in [6.45, 7) is 0. The third kappa shape index (κ3) is 2.41. The second kappa shape index (κ2) is 4.52. The number of hydrogen-bond acceptors (Lipinski definition) is 2. The van der Waals surface area contributed by atoms with Crippen LogP contribution in [-0.2, 0) is 0 Å². The molecule has 0 aliphatic carbocycles. The van der Waals surface area contributed by atoms with Crippen molar-refractivity contribution < 1.29 is 4.79 Å². The Labute approximate surface area is 97.8 Å². The molecule has 0 aromatic heterocycles. The van der Waals surface area contributed by atoms with Gasteiger partial charge in [-0.3, -0.25) is 4.79 Å². The minimum Gasteiger partial charge on any atom is -0.345 e. The minimum atomic E-state index is -0.205. The van der Waals surface area contributed by atoms with Gasteiger partial charge < -0.3 is 4.90 Å². The molecule has 0 saturated carbocycles. The molecule has 1 aromatic rings. The van der Waals surface area contributed by atoms with Gasteiger partial charge in [-0.1, -0.05) is 23.2 Å². The highest BCUT2D eigenvalue weighted by Gasteiger charge is 2.13. The fraction of sp³-hybridized carbons (Fsp3) is 0.200. The van der Waals surface area contributed by atoms with Gasteiger partial charge in [0.05, 0.1) is 15.6 Å². The van der Waals surface area contributed by atoms with Crippen molar-refractivity contribution in [3.8, 4) is 6.07 Å². The quantitative estimate of drug-likeness (QED) is 0.760. The molecule has 5 heteroatoms. The molecule has 0 saturated heterocycles. The van der Waals surface area contributed by atoms with Crippen molar-refractivity contribution in [3.63, 3.8) is 0 Å². The van der Waals surface area contributed by atoms with E-state index in [1.54, 1.807) is 14.1 Å². The Hall–Kier alpha value is -1.24. The Morgan fingerprint density at radius 2 is 1.80 bits per heavy atom. The summed E-state index contributed by atoms with van der Waals surface area (Å²) in [6.07, 6.45) is 0. The highest BCUT2D eigenvalue weighted by Crippen LogP contribution is 2.26. The van der Waals surface area contributed by atoms with Gasteiger partial charge in [-0.05, 0) is 12.1 Å². The maximum atomic E-state index is 11.6. The van der Waals surface area contributed by atoms with Crippen LogP contribution in [0.3, 0.4) is 0 Å². The summed E-state index contributed by atoms with van der Waals surface area (Å²) in [4.78, 5) is 13.0. The molecule has 0 fully saturated rings. The molecule has 0 atom stereocenters. The van der Waals surface area contributed by atoms with Crippen LogP contribution in [0.2, 0.25) is 10.0 Å². The average Bonchev–Trinajstić information content (AvgIpc) is 2.15. The van der Waals surface area contributed by atoms with Crippen LogP contribution in [0.15, 0.2) is 12.1 Å². The molecular weight excluding hydrogens is 235 g/mol. The maximum Gasteiger partial charge on any atom is 0.253 e. The highest BCUT2D eigenvalue weighted by atomic mass is 35.5. The zero-order valence-electron chi connectivity index (χ0n) is 8.21. The molecule has 15 heavy (non-hydrogen) atoms.